The predicted octanol–water partition coefficient (Wildman–Crippen LogP) is 3.96. The van der Waals surface area contributed by atoms with Crippen molar-refractivity contribution in [3.63, 3.8) is 0 Å². The van der Waals surface area contributed by atoms with Gasteiger partial charge in [-0.15, -0.1) is 0 Å². The molecular weight excluding hydrogens is 296 g/mol. The molecule has 0 aliphatic carbocycles. The van der Waals surface area contributed by atoms with Crippen molar-refractivity contribution in [2.45, 2.75) is 26.2 Å². The smallest absolute Gasteiger partial charge is 0.323 e. The Hall–Kier alpha value is -2.89. The van der Waals surface area contributed by atoms with Crippen molar-refractivity contribution in [2.24, 2.45) is 0 Å². The molecule has 5 N–H and O–H groups in total. The monoisotopic (exact) mass is 316 g/mol. The van der Waals surface area contributed by atoms with Crippen molar-refractivity contribution in [1.29, 1.82) is 0 Å². The molecule has 0 aromatic heterocycles. The Balaban J connectivity index is 2.15. The van der Waals surface area contributed by atoms with Gasteiger partial charge in [0.05, 0.1) is 5.69 Å². The molecule has 2 rings (SSSR count). The fourth-order valence-electron chi connectivity index (χ4n) is 2.22. The van der Waals surface area contributed by atoms with E-state index >= 15 is 0 Å². The van der Waals surface area contributed by atoms with Crippen molar-refractivity contribution >= 4 is 17.4 Å². The van der Waals surface area contributed by atoms with Crippen LogP contribution in [0.25, 0.3) is 0 Å². The zero-order valence-electron chi connectivity index (χ0n) is 13.0. The van der Waals surface area contributed by atoms with Crippen LogP contribution >= 0.6 is 0 Å². The fraction of sp³-hybridized carbons (Fsp3) is 0.235. The predicted molar refractivity (Wildman–Crippen MR) is 89.2 cm³/mol. The molecule has 0 aliphatic heterocycles. The standard InChI is InChI=1S/C17H20N2O4/c1-3-10(2)12-6-4-5-7-13(12)19-17(23)18-11-8-14(20)16(22)15(21)9-11/h4-10,20-22H,3H2,1-2H3,(H2,18,19,23). The Morgan fingerprint density at radius 2 is 1.70 bits per heavy atom. The van der Waals surface area contributed by atoms with Gasteiger partial charge in [-0.3, -0.25) is 0 Å². The molecule has 23 heavy (non-hydrogen) atoms. The van der Waals surface area contributed by atoms with E-state index in [0.29, 0.717) is 11.6 Å². The molecule has 1 atom stereocenters. The van der Waals surface area contributed by atoms with Crippen molar-refractivity contribution in [3.8, 4) is 17.2 Å². The van der Waals surface area contributed by atoms with E-state index in [2.05, 4.69) is 24.5 Å². The van der Waals surface area contributed by atoms with Gasteiger partial charge < -0.3 is 26.0 Å². The van der Waals surface area contributed by atoms with Gasteiger partial charge in [0.15, 0.2) is 17.2 Å². The summed E-state index contributed by atoms with van der Waals surface area (Å²) < 4.78 is 0. The van der Waals surface area contributed by atoms with Crippen LogP contribution in [0.3, 0.4) is 0 Å². The lowest BCUT2D eigenvalue weighted by Crippen LogP contribution is -2.20. The van der Waals surface area contributed by atoms with E-state index in [-0.39, 0.29) is 5.69 Å². The fourth-order valence-corrected chi connectivity index (χ4v) is 2.22. The second-order valence-electron chi connectivity index (χ2n) is 5.34. The van der Waals surface area contributed by atoms with E-state index in [1.807, 2.05) is 24.3 Å². The topological polar surface area (TPSA) is 102 Å². The van der Waals surface area contributed by atoms with Crippen molar-refractivity contribution in [3.05, 3.63) is 42.0 Å². The number of urea groups is 1. The van der Waals surface area contributed by atoms with Crippen LogP contribution < -0.4 is 10.6 Å². The lowest BCUT2D eigenvalue weighted by atomic mass is 9.97. The number of rotatable bonds is 4. The molecule has 0 bridgehead atoms. The number of benzene rings is 2. The highest BCUT2D eigenvalue weighted by Gasteiger charge is 2.13. The molecule has 6 nitrogen and oxygen atoms in total. The third kappa shape index (κ3) is 3.85. The van der Waals surface area contributed by atoms with E-state index < -0.39 is 23.3 Å². The highest BCUT2D eigenvalue weighted by Crippen LogP contribution is 2.37. The summed E-state index contributed by atoms with van der Waals surface area (Å²) in [4.78, 5) is 12.1. The van der Waals surface area contributed by atoms with Crippen LogP contribution in [0.2, 0.25) is 0 Å². The first-order chi connectivity index (χ1) is 10.9. The highest BCUT2D eigenvalue weighted by molar-refractivity contribution is 6.00. The molecule has 0 aliphatic rings. The molecule has 0 saturated carbocycles. The number of phenolic OH excluding ortho intramolecular Hbond substituents is 3. The number of aromatic hydroxyl groups is 3. The lowest BCUT2D eigenvalue weighted by molar-refractivity contribution is 0.262. The average molecular weight is 316 g/mol. The molecule has 0 saturated heterocycles. The molecule has 2 aromatic rings. The Labute approximate surface area is 134 Å². The van der Waals surface area contributed by atoms with E-state index in [4.69, 9.17) is 0 Å². The number of carbonyl (C=O) groups is 1. The summed E-state index contributed by atoms with van der Waals surface area (Å²) in [6.07, 6.45) is 0.944. The lowest BCUT2D eigenvalue weighted by Gasteiger charge is -2.16. The molecule has 122 valence electrons. The van der Waals surface area contributed by atoms with Crippen LogP contribution in [-0.2, 0) is 0 Å². The van der Waals surface area contributed by atoms with Gasteiger partial charge in [-0.05, 0) is 24.0 Å². The van der Waals surface area contributed by atoms with Crippen molar-refractivity contribution in [1.82, 2.24) is 0 Å². The summed E-state index contributed by atoms with van der Waals surface area (Å²) in [5, 5.41) is 33.5. The molecule has 0 fully saturated rings. The average Bonchev–Trinajstić information content (AvgIpc) is 2.52. The second kappa shape index (κ2) is 6.91. The third-order valence-electron chi connectivity index (χ3n) is 3.68. The molecule has 2 amide bonds. The van der Waals surface area contributed by atoms with Gasteiger partial charge in [0.25, 0.3) is 0 Å². The molecule has 0 spiro atoms. The van der Waals surface area contributed by atoms with Crippen LogP contribution in [0.4, 0.5) is 16.2 Å². The Bertz CT molecular complexity index is 692. The van der Waals surface area contributed by atoms with Crippen molar-refractivity contribution in [2.75, 3.05) is 10.6 Å². The normalized spacial score (nSPS) is 11.7. The van der Waals surface area contributed by atoms with Crippen LogP contribution in [0.15, 0.2) is 36.4 Å². The summed E-state index contributed by atoms with van der Waals surface area (Å²) in [5.74, 6) is -1.35. The Morgan fingerprint density at radius 3 is 2.30 bits per heavy atom. The first kappa shape index (κ1) is 16.5. The largest absolute Gasteiger partial charge is 0.504 e. The minimum absolute atomic E-state index is 0.163. The second-order valence-corrected chi connectivity index (χ2v) is 5.34. The van der Waals surface area contributed by atoms with Crippen LogP contribution in [0.1, 0.15) is 31.7 Å². The quantitative estimate of drug-likeness (QED) is 0.435. The Morgan fingerprint density at radius 1 is 1.09 bits per heavy atom. The minimum atomic E-state index is -0.627. The van der Waals surface area contributed by atoms with Gasteiger partial charge in [0, 0.05) is 17.8 Å². The number of carbonyl (C=O) groups excluding carboxylic acids is 1. The van der Waals surface area contributed by atoms with Crippen LogP contribution in [-0.4, -0.2) is 21.4 Å². The maximum absolute atomic E-state index is 12.1. The van der Waals surface area contributed by atoms with Gasteiger partial charge in [0.2, 0.25) is 0 Å². The first-order valence-corrected chi connectivity index (χ1v) is 7.34. The van der Waals surface area contributed by atoms with E-state index in [0.717, 1.165) is 24.1 Å². The van der Waals surface area contributed by atoms with Gasteiger partial charge in [-0.25, -0.2) is 4.79 Å². The van der Waals surface area contributed by atoms with Crippen LogP contribution in [0, 0.1) is 0 Å². The SMILES string of the molecule is CCC(C)c1ccccc1NC(=O)Nc1cc(O)c(O)c(O)c1. The maximum Gasteiger partial charge on any atom is 0.323 e. The molecule has 2 aromatic carbocycles. The summed E-state index contributed by atoms with van der Waals surface area (Å²) >= 11 is 0. The molecule has 0 radical (unpaired) electrons. The number of anilines is 2. The zero-order valence-corrected chi connectivity index (χ0v) is 13.0. The van der Waals surface area contributed by atoms with Crippen molar-refractivity contribution < 1.29 is 20.1 Å². The van der Waals surface area contributed by atoms with Gasteiger partial charge in [0.1, 0.15) is 0 Å². The van der Waals surface area contributed by atoms with E-state index in [1.54, 1.807) is 0 Å². The number of hydrogen-bond donors (Lipinski definition) is 5. The summed E-state index contributed by atoms with van der Waals surface area (Å²) in [6.45, 7) is 4.15. The van der Waals surface area contributed by atoms with Gasteiger partial charge in [-0.1, -0.05) is 32.0 Å². The van der Waals surface area contributed by atoms with E-state index in [9.17, 15) is 20.1 Å². The summed E-state index contributed by atoms with van der Waals surface area (Å²) in [6, 6.07) is 9.31. The van der Waals surface area contributed by atoms with Gasteiger partial charge >= 0.3 is 6.03 Å². The Kier molecular flexibility index (Phi) is 4.95. The maximum atomic E-state index is 12.1. The highest BCUT2D eigenvalue weighted by atomic mass is 16.3. The number of amides is 2. The molecule has 0 heterocycles. The summed E-state index contributed by atoms with van der Waals surface area (Å²) in [5.41, 5.74) is 1.89. The van der Waals surface area contributed by atoms with Crippen LogP contribution in [0.5, 0.6) is 17.2 Å². The van der Waals surface area contributed by atoms with Gasteiger partial charge in [-0.2, -0.15) is 0 Å². The number of nitrogens with one attached hydrogen (secondary N) is 2. The zero-order chi connectivity index (χ0) is 17.0. The number of para-hydroxylation sites is 1. The minimum Gasteiger partial charge on any atom is -0.504 e. The molecule has 1 unspecified atom stereocenters. The number of hydrogen-bond acceptors (Lipinski definition) is 4. The molecule has 6 heteroatoms. The third-order valence-corrected chi connectivity index (χ3v) is 3.68. The summed E-state index contributed by atoms with van der Waals surface area (Å²) in [7, 11) is 0. The number of phenols is 3. The first-order valence-electron chi connectivity index (χ1n) is 7.34. The molecular formula is C17H20N2O4. The van der Waals surface area contributed by atoms with E-state index in [1.165, 1.54) is 0 Å².